The second-order valence-corrected chi connectivity index (χ2v) is 6.03. The molecule has 118 valence electrons. The van der Waals surface area contributed by atoms with E-state index in [0.29, 0.717) is 0 Å². The topological polar surface area (TPSA) is 52.6 Å². The highest BCUT2D eigenvalue weighted by atomic mass is 19.4. The van der Waals surface area contributed by atoms with Crippen molar-refractivity contribution in [3.63, 3.8) is 0 Å². The molecule has 0 bridgehead atoms. The Labute approximate surface area is 117 Å². The van der Waals surface area contributed by atoms with E-state index in [4.69, 9.17) is 0 Å². The van der Waals surface area contributed by atoms with Crippen molar-refractivity contribution in [3.05, 3.63) is 0 Å². The summed E-state index contributed by atoms with van der Waals surface area (Å²) in [6.45, 7) is 6.05. The van der Waals surface area contributed by atoms with E-state index in [9.17, 15) is 23.1 Å². The molecule has 0 aromatic rings. The van der Waals surface area contributed by atoms with Crippen LogP contribution < -0.4 is 5.32 Å². The van der Waals surface area contributed by atoms with Crippen LogP contribution in [0.2, 0.25) is 0 Å². The lowest BCUT2D eigenvalue weighted by molar-refractivity contribution is -0.185. The summed E-state index contributed by atoms with van der Waals surface area (Å²) in [7, 11) is 0. The maximum atomic E-state index is 12.6. The van der Waals surface area contributed by atoms with Gasteiger partial charge in [0.1, 0.15) is 5.54 Å². The minimum absolute atomic E-state index is 0.0104. The molecule has 1 unspecified atom stereocenters. The third kappa shape index (κ3) is 4.63. The largest absolute Gasteiger partial charge is 0.480 e. The van der Waals surface area contributed by atoms with Gasteiger partial charge in [0.25, 0.3) is 0 Å². The fourth-order valence-corrected chi connectivity index (χ4v) is 2.68. The number of carbonyl (C=O) groups is 1. The number of nitrogens with one attached hydrogen (secondary N) is 1. The van der Waals surface area contributed by atoms with Gasteiger partial charge in [-0.25, -0.2) is 0 Å². The first-order chi connectivity index (χ1) is 9.04. The maximum Gasteiger partial charge on any atom is 0.391 e. The Morgan fingerprint density at radius 3 is 2.20 bits per heavy atom. The first-order valence-electron chi connectivity index (χ1n) is 6.85. The van der Waals surface area contributed by atoms with E-state index in [1.165, 1.54) is 0 Å². The number of piperidine rings is 1. The number of alkyl halides is 3. The SMILES string of the molecule is CC(C)NC(C)(CN1CCC(C(F)(F)F)CC1)C(=O)O. The van der Waals surface area contributed by atoms with Crippen molar-refractivity contribution >= 4 is 5.97 Å². The third-order valence-corrected chi connectivity index (χ3v) is 3.67. The molecule has 0 saturated carbocycles. The summed E-state index contributed by atoms with van der Waals surface area (Å²) in [4.78, 5) is 13.2. The minimum Gasteiger partial charge on any atom is -0.480 e. The standard InChI is InChI=1S/C13H23F3N2O2/c1-9(2)17-12(3,11(19)20)8-18-6-4-10(5-7-18)13(14,15)16/h9-10,17H,4-8H2,1-3H3,(H,19,20). The van der Waals surface area contributed by atoms with E-state index in [1.54, 1.807) is 11.8 Å². The summed E-state index contributed by atoms with van der Waals surface area (Å²) >= 11 is 0. The maximum absolute atomic E-state index is 12.6. The lowest BCUT2D eigenvalue weighted by Gasteiger charge is -2.38. The van der Waals surface area contributed by atoms with Crippen LogP contribution in [0, 0.1) is 5.92 Å². The molecule has 1 heterocycles. The average Bonchev–Trinajstić information content (AvgIpc) is 2.26. The van der Waals surface area contributed by atoms with Crippen LogP contribution in [-0.4, -0.2) is 53.4 Å². The van der Waals surface area contributed by atoms with Crippen molar-refractivity contribution in [1.29, 1.82) is 0 Å². The first-order valence-corrected chi connectivity index (χ1v) is 6.85. The summed E-state index contributed by atoms with van der Waals surface area (Å²) in [5.74, 6) is -2.24. The van der Waals surface area contributed by atoms with Crippen molar-refractivity contribution in [1.82, 2.24) is 10.2 Å². The molecule has 0 aromatic heterocycles. The molecule has 1 aliphatic heterocycles. The van der Waals surface area contributed by atoms with Gasteiger partial charge in [-0.15, -0.1) is 0 Å². The van der Waals surface area contributed by atoms with Gasteiger partial charge < -0.3 is 10.0 Å². The molecule has 0 spiro atoms. The van der Waals surface area contributed by atoms with Crippen LogP contribution in [0.15, 0.2) is 0 Å². The van der Waals surface area contributed by atoms with Crippen molar-refractivity contribution in [2.45, 2.75) is 51.4 Å². The third-order valence-electron chi connectivity index (χ3n) is 3.67. The molecule has 1 fully saturated rings. The zero-order valence-corrected chi connectivity index (χ0v) is 12.1. The Morgan fingerprint density at radius 1 is 1.35 bits per heavy atom. The minimum atomic E-state index is -4.14. The summed E-state index contributed by atoms with van der Waals surface area (Å²) in [5.41, 5.74) is -1.14. The van der Waals surface area contributed by atoms with Crippen molar-refractivity contribution in [3.8, 4) is 0 Å². The highest BCUT2D eigenvalue weighted by Crippen LogP contribution is 2.34. The molecule has 0 aromatic carbocycles. The Hall–Kier alpha value is -0.820. The smallest absolute Gasteiger partial charge is 0.391 e. The van der Waals surface area contributed by atoms with Crippen LogP contribution in [0.5, 0.6) is 0 Å². The Kier molecular flexibility index (Phi) is 5.43. The van der Waals surface area contributed by atoms with Crippen molar-refractivity contribution in [2.24, 2.45) is 5.92 Å². The number of halogens is 3. The van der Waals surface area contributed by atoms with Crippen LogP contribution in [0.4, 0.5) is 13.2 Å². The molecular formula is C13H23F3N2O2. The molecule has 2 N–H and O–H groups in total. The van der Waals surface area contributed by atoms with Gasteiger partial charge in [0.05, 0.1) is 5.92 Å². The van der Waals surface area contributed by atoms with E-state index >= 15 is 0 Å². The average molecular weight is 296 g/mol. The lowest BCUT2D eigenvalue weighted by atomic mass is 9.93. The summed E-state index contributed by atoms with van der Waals surface area (Å²) in [6.07, 6.45) is -4.06. The quantitative estimate of drug-likeness (QED) is 0.816. The van der Waals surface area contributed by atoms with Gasteiger partial charge in [-0.3, -0.25) is 10.1 Å². The number of hydrogen-bond acceptors (Lipinski definition) is 3. The van der Waals surface area contributed by atoms with E-state index in [1.807, 2.05) is 13.8 Å². The van der Waals surface area contributed by atoms with E-state index in [-0.39, 0.29) is 38.5 Å². The van der Waals surface area contributed by atoms with Gasteiger partial charge in [-0.1, -0.05) is 0 Å². The van der Waals surface area contributed by atoms with Gasteiger partial charge in [-0.05, 0) is 46.7 Å². The molecule has 1 atom stereocenters. The summed E-state index contributed by atoms with van der Waals surface area (Å²) < 4.78 is 37.7. The number of nitrogens with zero attached hydrogens (tertiary/aromatic N) is 1. The molecule has 1 rings (SSSR count). The van der Waals surface area contributed by atoms with Gasteiger partial charge in [-0.2, -0.15) is 13.2 Å². The van der Waals surface area contributed by atoms with Crippen molar-refractivity contribution < 1.29 is 23.1 Å². The number of hydrogen-bond donors (Lipinski definition) is 2. The Morgan fingerprint density at radius 2 is 1.85 bits per heavy atom. The van der Waals surface area contributed by atoms with Gasteiger partial charge in [0, 0.05) is 12.6 Å². The van der Waals surface area contributed by atoms with Crippen LogP contribution in [0.1, 0.15) is 33.6 Å². The number of rotatable bonds is 5. The zero-order valence-electron chi connectivity index (χ0n) is 12.1. The second kappa shape index (κ2) is 6.30. The molecule has 0 radical (unpaired) electrons. The second-order valence-electron chi connectivity index (χ2n) is 6.03. The van der Waals surface area contributed by atoms with Gasteiger partial charge >= 0.3 is 12.1 Å². The first kappa shape index (κ1) is 17.2. The predicted molar refractivity (Wildman–Crippen MR) is 69.5 cm³/mol. The predicted octanol–water partition coefficient (Wildman–Crippen LogP) is 2.10. The summed E-state index contributed by atoms with van der Waals surface area (Å²) in [5, 5.41) is 12.3. The monoisotopic (exact) mass is 296 g/mol. The lowest BCUT2D eigenvalue weighted by Crippen LogP contribution is -2.59. The molecule has 4 nitrogen and oxygen atoms in total. The van der Waals surface area contributed by atoms with Gasteiger partial charge in [0.15, 0.2) is 0 Å². The fourth-order valence-electron chi connectivity index (χ4n) is 2.68. The van der Waals surface area contributed by atoms with E-state index < -0.39 is 23.6 Å². The number of carboxylic acid groups (broad SMARTS) is 1. The Bertz CT molecular complexity index is 339. The zero-order chi connectivity index (χ0) is 15.6. The number of carboxylic acids is 1. The Balaban J connectivity index is 2.59. The molecular weight excluding hydrogens is 273 g/mol. The number of aliphatic carboxylic acids is 1. The van der Waals surface area contributed by atoms with Crippen LogP contribution in [-0.2, 0) is 4.79 Å². The molecule has 1 aliphatic rings. The van der Waals surface area contributed by atoms with Crippen LogP contribution >= 0.6 is 0 Å². The summed E-state index contributed by atoms with van der Waals surface area (Å²) in [6, 6.07) is -0.0104. The normalized spacial score (nSPS) is 21.9. The van der Waals surface area contributed by atoms with E-state index in [0.717, 1.165) is 0 Å². The van der Waals surface area contributed by atoms with Crippen molar-refractivity contribution in [2.75, 3.05) is 19.6 Å². The van der Waals surface area contributed by atoms with Gasteiger partial charge in [0.2, 0.25) is 0 Å². The molecule has 20 heavy (non-hydrogen) atoms. The fraction of sp³-hybridized carbons (Fsp3) is 0.923. The van der Waals surface area contributed by atoms with Crippen LogP contribution in [0.25, 0.3) is 0 Å². The number of likely N-dealkylation sites (tertiary alicyclic amines) is 1. The molecule has 0 aliphatic carbocycles. The van der Waals surface area contributed by atoms with Crippen LogP contribution in [0.3, 0.4) is 0 Å². The highest BCUT2D eigenvalue weighted by Gasteiger charge is 2.43. The highest BCUT2D eigenvalue weighted by molar-refractivity contribution is 5.78. The molecule has 1 saturated heterocycles. The molecule has 7 heteroatoms. The molecule has 0 amide bonds. The van der Waals surface area contributed by atoms with E-state index in [2.05, 4.69) is 5.32 Å².